The molecule has 1 N–H and O–H groups in total. The number of carbonyl (C=O) groups is 2. The van der Waals surface area contributed by atoms with E-state index < -0.39 is 0 Å². The minimum Gasteiger partial charge on any atom is -0.461 e. The summed E-state index contributed by atoms with van der Waals surface area (Å²) in [6.45, 7) is 1.10. The fraction of sp³-hybridized carbons (Fsp3) is 0.0909. The maximum Gasteiger partial charge on any atom is 0.254 e. The van der Waals surface area contributed by atoms with Crippen molar-refractivity contribution >= 4 is 34.4 Å². The van der Waals surface area contributed by atoms with E-state index in [-0.39, 0.29) is 11.8 Å². The molecule has 0 unspecified atom stereocenters. The summed E-state index contributed by atoms with van der Waals surface area (Å²) in [6.07, 6.45) is 3.97. The van der Waals surface area contributed by atoms with Crippen molar-refractivity contribution in [3.05, 3.63) is 132 Å². The quantitative estimate of drug-likeness (QED) is 0.267. The van der Waals surface area contributed by atoms with Crippen LogP contribution in [0.5, 0.6) is 0 Å². The number of carbonyl (C=O) groups excluding carboxylic acids is 2. The lowest BCUT2D eigenvalue weighted by molar-refractivity contribution is -0.111. The molecule has 0 spiro atoms. The Balaban J connectivity index is 1.17. The third-order valence-electron chi connectivity index (χ3n) is 6.82. The number of fused-ring (bicyclic) bond motifs is 2. The van der Waals surface area contributed by atoms with Crippen LogP contribution >= 0.6 is 0 Å². The number of benzene rings is 4. The first-order chi connectivity index (χ1) is 18.6. The molecular formula is C33H26N2O3. The zero-order chi connectivity index (χ0) is 25.9. The van der Waals surface area contributed by atoms with Gasteiger partial charge in [-0.05, 0) is 46.7 Å². The molecule has 0 saturated carbocycles. The van der Waals surface area contributed by atoms with Crippen molar-refractivity contribution in [2.45, 2.75) is 13.0 Å². The minimum atomic E-state index is -0.202. The van der Waals surface area contributed by atoms with E-state index in [1.54, 1.807) is 6.08 Å². The van der Waals surface area contributed by atoms with Crippen LogP contribution in [0.3, 0.4) is 0 Å². The van der Waals surface area contributed by atoms with Gasteiger partial charge in [0.25, 0.3) is 5.91 Å². The number of nitrogens with zero attached hydrogens (tertiary/aromatic N) is 1. The molecule has 0 atom stereocenters. The lowest BCUT2D eigenvalue weighted by atomic mass is 10.0. The number of hydrogen-bond donors (Lipinski definition) is 1. The van der Waals surface area contributed by atoms with E-state index in [0.717, 1.165) is 44.5 Å². The van der Waals surface area contributed by atoms with E-state index in [0.29, 0.717) is 25.2 Å². The lowest BCUT2D eigenvalue weighted by Crippen LogP contribution is -2.35. The molecule has 0 bridgehead atoms. The smallest absolute Gasteiger partial charge is 0.254 e. The maximum absolute atomic E-state index is 13.4. The average Bonchev–Trinajstić information content (AvgIpc) is 3.40. The van der Waals surface area contributed by atoms with Crippen LogP contribution in [0, 0.1) is 0 Å². The van der Waals surface area contributed by atoms with Gasteiger partial charge in [-0.3, -0.25) is 9.59 Å². The highest BCUT2D eigenvalue weighted by Gasteiger charge is 2.26. The molecule has 38 heavy (non-hydrogen) atoms. The predicted molar refractivity (Wildman–Crippen MR) is 151 cm³/mol. The van der Waals surface area contributed by atoms with Crippen molar-refractivity contribution in [3.8, 4) is 11.3 Å². The first kappa shape index (κ1) is 23.5. The van der Waals surface area contributed by atoms with Gasteiger partial charge in [0.05, 0.1) is 0 Å². The van der Waals surface area contributed by atoms with Gasteiger partial charge in [0.1, 0.15) is 11.5 Å². The molecule has 2 heterocycles. The average molecular weight is 499 g/mol. The van der Waals surface area contributed by atoms with Gasteiger partial charge in [-0.1, -0.05) is 78.9 Å². The normalized spacial score (nSPS) is 13.0. The van der Waals surface area contributed by atoms with Crippen molar-refractivity contribution in [3.63, 3.8) is 0 Å². The SMILES string of the molecule is O=C(/C=C/c1ccccc1)Nc1cccc(-c2cc3c(o2)CCN(C(=O)c2cccc4ccccc24)C3)c1. The summed E-state index contributed by atoms with van der Waals surface area (Å²) >= 11 is 0. The highest BCUT2D eigenvalue weighted by molar-refractivity contribution is 6.07. The molecule has 0 aliphatic carbocycles. The number of furan rings is 1. The van der Waals surface area contributed by atoms with Crippen LogP contribution < -0.4 is 5.32 Å². The fourth-order valence-corrected chi connectivity index (χ4v) is 4.90. The fourth-order valence-electron chi connectivity index (χ4n) is 4.90. The molecule has 4 aromatic carbocycles. The summed E-state index contributed by atoms with van der Waals surface area (Å²) < 4.78 is 6.20. The van der Waals surface area contributed by atoms with E-state index >= 15 is 0 Å². The molecule has 1 aliphatic heterocycles. The van der Waals surface area contributed by atoms with Crippen LogP contribution in [0.1, 0.15) is 27.2 Å². The number of amides is 2. The Labute approximate surface area is 221 Å². The molecule has 5 nitrogen and oxygen atoms in total. The summed E-state index contributed by atoms with van der Waals surface area (Å²) in [5.41, 5.74) is 4.26. The predicted octanol–water partition coefficient (Wildman–Crippen LogP) is 6.95. The van der Waals surface area contributed by atoms with E-state index in [9.17, 15) is 9.59 Å². The second-order valence-corrected chi connectivity index (χ2v) is 9.38. The molecular weight excluding hydrogens is 472 g/mol. The Morgan fingerprint density at radius 3 is 2.53 bits per heavy atom. The summed E-state index contributed by atoms with van der Waals surface area (Å²) in [7, 11) is 0. The van der Waals surface area contributed by atoms with Crippen LogP contribution in [0.2, 0.25) is 0 Å². The molecule has 5 heteroatoms. The zero-order valence-corrected chi connectivity index (χ0v) is 20.8. The van der Waals surface area contributed by atoms with Crippen LogP contribution in [0.4, 0.5) is 5.69 Å². The van der Waals surface area contributed by atoms with Gasteiger partial charge in [-0.15, -0.1) is 0 Å². The molecule has 5 aromatic rings. The minimum absolute atomic E-state index is 0.0310. The zero-order valence-electron chi connectivity index (χ0n) is 20.8. The van der Waals surface area contributed by atoms with Crippen molar-refractivity contribution in [2.24, 2.45) is 0 Å². The summed E-state index contributed by atoms with van der Waals surface area (Å²) in [5, 5.41) is 4.95. The molecule has 186 valence electrons. The molecule has 6 rings (SSSR count). The second-order valence-electron chi connectivity index (χ2n) is 9.38. The standard InChI is InChI=1S/C33H26N2O3/c36-32(17-16-23-8-2-1-3-9-23)34-27-13-6-12-25(20-27)31-21-26-22-35(19-18-30(26)38-31)33(37)29-15-7-11-24-10-4-5-14-28(24)29/h1-17,20-21H,18-19,22H2,(H,34,36)/b17-16+. The van der Waals surface area contributed by atoms with Gasteiger partial charge in [0.15, 0.2) is 0 Å². The number of rotatable bonds is 5. The topological polar surface area (TPSA) is 62.6 Å². The van der Waals surface area contributed by atoms with Gasteiger partial charge in [0, 0.05) is 48.0 Å². The third-order valence-corrected chi connectivity index (χ3v) is 6.82. The molecule has 0 radical (unpaired) electrons. The van der Waals surface area contributed by atoms with E-state index in [1.165, 1.54) is 6.08 Å². The van der Waals surface area contributed by atoms with Crippen molar-refractivity contribution in [1.82, 2.24) is 4.90 Å². The van der Waals surface area contributed by atoms with Crippen molar-refractivity contribution in [2.75, 3.05) is 11.9 Å². The summed E-state index contributed by atoms with van der Waals surface area (Å²) in [4.78, 5) is 27.8. The Morgan fingerprint density at radius 2 is 1.63 bits per heavy atom. The number of anilines is 1. The van der Waals surface area contributed by atoms with Gasteiger partial charge < -0.3 is 14.6 Å². The Kier molecular flexibility index (Phi) is 6.32. The van der Waals surface area contributed by atoms with E-state index in [4.69, 9.17) is 4.42 Å². The lowest BCUT2D eigenvalue weighted by Gasteiger charge is -2.26. The van der Waals surface area contributed by atoms with Gasteiger partial charge >= 0.3 is 0 Å². The number of hydrogen-bond acceptors (Lipinski definition) is 3. The molecule has 0 fully saturated rings. The van der Waals surface area contributed by atoms with Crippen molar-refractivity contribution < 1.29 is 14.0 Å². The van der Waals surface area contributed by atoms with Gasteiger partial charge in [-0.25, -0.2) is 0 Å². The Morgan fingerprint density at radius 1 is 0.842 bits per heavy atom. The second kappa shape index (κ2) is 10.2. The van der Waals surface area contributed by atoms with E-state index in [2.05, 4.69) is 5.32 Å². The number of nitrogens with one attached hydrogen (secondary N) is 1. The highest BCUT2D eigenvalue weighted by Crippen LogP contribution is 2.32. The van der Waals surface area contributed by atoms with Crippen LogP contribution in [0.25, 0.3) is 28.2 Å². The summed E-state index contributed by atoms with van der Waals surface area (Å²) in [6, 6.07) is 33.1. The van der Waals surface area contributed by atoms with Crippen LogP contribution in [-0.2, 0) is 17.8 Å². The van der Waals surface area contributed by atoms with Crippen molar-refractivity contribution in [1.29, 1.82) is 0 Å². The van der Waals surface area contributed by atoms with Gasteiger partial charge in [-0.2, -0.15) is 0 Å². The molecule has 1 aliphatic rings. The Bertz CT molecular complexity index is 1660. The first-order valence-corrected chi connectivity index (χ1v) is 12.7. The van der Waals surface area contributed by atoms with E-state index in [1.807, 2.05) is 108 Å². The summed E-state index contributed by atoms with van der Waals surface area (Å²) in [5.74, 6) is 1.46. The third kappa shape index (κ3) is 4.87. The van der Waals surface area contributed by atoms with Gasteiger partial charge in [0.2, 0.25) is 5.91 Å². The maximum atomic E-state index is 13.4. The van der Waals surface area contributed by atoms with Crippen LogP contribution in [-0.4, -0.2) is 23.3 Å². The molecule has 2 amide bonds. The van der Waals surface area contributed by atoms with Crippen LogP contribution in [0.15, 0.2) is 114 Å². The highest BCUT2D eigenvalue weighted by atomic mass is 16.3. The first-order valence-electron chi connectivity index (χ1n) is 12.7. The molecule has 0 saturated heterocycles. The monoisotopic (exact) mass is 498 g/mol. The Hall–Kier alpha value is -4.90. The molecule has 1 aromatic heterocycles. The largest absolute Gasteiger partial charge is 0.461 e.